The van der Waals surface area contributed by atoms with E-state index in [-0.39, 0.29) is 22.3 Å². The van der Waals surface area contributed by atoms with Crippen LogP contribution in [0.25, 0.3) is 0 Å². The molecule has 0 bridgehead atoms. The maximum atomic E-state index is 12.3. The summed E-state index contributed by atoms with van der Waals surface area (Å²) in [4.78, 5) is 24.6. The predicted molar refractivity (Wildman–Crippen MR) is 105 cm³/mol. The summed E-state index contributed by atoms with van der Waals surface area (Å²) in [6.45, 7) is 3.03. The fourth-order valence-corrected chi connectivity index (χ4v) is 4.51. The number of carbonyl (C=O) groups excluding carboxylic acids is 2. The van der Waals surface area contributed by atoms with Crippen LogP contribution in [0.15, 0.2) is 47.4 Å². The molecule has 0 heterocycles. The van der Waals surface area contributed by atoms with Gasteiger partial charge in [-0.15, -0.1) is 0 Å². The van der Waals surface area contributed by atoms with Crippen LogP contribution >= 0.6 is 0 Å². The Kier molecular flexibility index (Phi) is 5.96. The predicted octanol–water partition coefficient (Wildman–Crippen LogP) is 2.90. The first-order valence-corrected chi connectivity index (χ1v) is 10.7. The molecule has 2 aromatic carbocycles. The van der Waals surface area contributed by atoms with Gasteiger partial charge in [-0.1, -0.05) is 18.2 Å². The summed E-state index contributed by atoms with van der Waals surface area (Å²) >= 11 is 0. The van der Waals surface area contributed by atoms with Gasteiger partial charge in [0.25, 0.3) is 0 Å². The third-order valence-electron chi connectivity index (χ3n) is 4.53. The molecule has 7 heteroatoms. The topological polar surface area (TPSA) is 89.5 Å². The fourth-order valence-electron chi connectivity index (χ4n) is 3.21. The van der Waals surface area contributed by atoms with E-state index in [9.17, 15) is 18.0 Å². The van der Waals surface area contributed by atoms with Gasteiger partial charge in [0.15, 0.2) is 12.4 Å². The lowest BCUT2D eigenvalue weighted by atomic mass is 10.0. The van der Waals surface area contributed by atoms with Crippen LogP contribution in [0.5, 0.6) is 0 Å². The molecule has 0 aliphatic heterocycles. The molecule has 1 N–H and O–H groups in total. The molecule has 3 rings (SSSR count). The minimum Gasteiger partial charge on any atom is -0.454 e. The van der Waals surface area contributed by atoms with E-state index in [0.717, 1.165) is 19.3 Å². The van der Waals surface area contributed by atoms with Gasteiger partial charge in [0.1, 0.15) is 0 Å². The maximum absolute atomic E-state index is 12.3. The summed E-state index contributed by atoms with van der Waals surface area (Å²) in [5.41, 5.74) is 3.04. The van der Waals surface area contributed by atoms with Crippen LogP contribution < -0.4 is 4.72 Å². The molecule has 6 nitrogen and oxygen atoms in total. The molecule has 0 fully saturated rings. The van der Waals surface area contributed by atoms with Crippen molar-refractivity contribution in [3.8, 4) is 0 Å². The highest BCUT2D eigenvalue weighted by Gasteiger charge is 2.19. The second kappa shape index (κ2) is 8.24. The van der Waals surface area contributed by atoms with Crippen LogP contribution in [-0.2, 0) is 27.6 Å². The van der Waals surface area contributed by atoms with E-state index in [1.165, 1.54) is 35.4 Å². The quantitative estimate of drug-likeness (QED) is 0.569. The minimum absolute atomic E-state index is 0.0272. The van der Waals surface area contributed by atoms with Gasteiger partial charge in [-0.05, 0) is 68.5 Å². The number of Topliss-reactive ketones (excluding diaryl/α,β-unsaturated/α-hetero) is 1. The highest BCUT2D eigenvalue weighted by Crippen LogP contribution is 2.23. The van der Waals surface area contributed by atoms with Crippen molar-refractivity contribution in [2.24, 2.45) is 0 Å². The first-order chi connectivity index (χ1) is 13.3. The van der Waals surface area contributed by atoms with Crippen molar-refractivity contribution in [1.82, 2.24) is 4.72 Å². The van der Waals surface area contributed by atoms with Crippen molar-refractivity contribution in [2.45, 2.75) is 44.0 Å². The normalized spacial score (nSPS) is 13.4. The van der Waals surface area contributed by atoms with Crippen molar-refractivity contribution in [3.05, 3.63) is 64.7 Å². The molecule has 1 aliphatic rings. The Morgan fingerprint density at radius 1 is 1.04 bits per heavy atom. The van der Waals surface area contributed by atoms with Crippen molar-refractivity contribution in [2.75, 3.05) is 6.61 Å². The van der Waals surface area contributed by atoms with Gasteiger partial charge in [-0.25, -0.2) is 17.9 Å². The summed E-state index contributed by atoms with van der Waals surface area (Å²) < 4.78 is 32.1. The number of aryl methyl sites for hydroxylation is 2. The molecule has 2 aromatic rings. The van der Waals surface area contributed by atoms with Gasteiger partial charge >= 0.3 is 5.97 Å². The van der Waals surface area contributed by atoms with E-state index in [1.807, 2.05) is 12.1 Å². The number of ketones is 1. The standard InChI is InChI=1S/C21H23NO5S/c1-14(2)22-28(25,26)19-8-4-7-18(12-19)21(24)27-13-20(23)17-10-9-15-5-3-6-16(15)11-17/h4,7-12,14,22H,3,5-6,13H2,1-2H3. The molecule has 0 amide bonds. The molecule has 28 heavy (non-hydrogen) atoms. The van der Waals surface area contributed by atoms with Crippen LogP contribution in [0.3, 0.4) is 0 Å². The molecule has 148 valence electrons. The first-order valence-electron chi connectivity index (χ1n) is 9.21. The Labute approximate surface area is 165 Å². The fraction of sp³-hybridized carbons (Fsp3) is 0.333. The van der Waals surface area contributed by atoms with E-state index >= 15 is 0 Å². The van der Waals surface area contributed by atoms with Crippen LogP contribution in [0.2, 0.25) is 0 Å². The summed E-state index contributed by atoms with van der Waals surface area (Å²) in [5, 5.41) is 0. The van der Waals surface area contributed by atoms with E-state index in [1.54, 1.807) is 19.9 Å². The SMILES string of the molecule is CC(C)NS(=O)(=O)c1cccc(C(=O)OCC(=O)c2ccc3c(c2)CCC3)c1. The molecule has 1 aliphatic carbocycles. The highest BCUT2D eigenvalue weighted by molar-refractivity contribution is 7.89. The lowest BCUT2D eigenvalue weighted by molar-refractivity contribution is 0.0474. The number of rotatable bonds is 7. The molecule has 0 spiro atoms. The Hall–Kier alpha value is -2.51. The van der Waals surface area contributed by atoms with Crippen molar-refractivity contribution in [1.29, 1.82) is 0 Å². The Morgan fingerprint density at radius 2 is 1.79 bits per heavy atom. The monoisotopic (exact) mass is 401 g/mol. The zero-order valence-electron chi connectivity index (χ0n) is 15.9. The molecule has 0 saturated carbocycles. The summed E-state index contributed by atoms with van der Waals surface area (Å²) in [5.74, 6) is -1.02. The third kappa shape index (κ3) is 4.66. The number of fused-ring (bicyclic) bond motifs is 1. The largest absolute Gasteiger partial charge is 0.454 e. The maximum Gasteiger partial charge on any atom is 0.338 e. The number of carbonyl (C=O) groups is 2. The highest BCUT2D eigenvalue weighted by atomic mass is 32.2. The minimum atomic E-state index is -3.72. The zero-order chi connectivity index (χ0) is 20.3. The summed E-state index contributed by atoms with van der Waals surface area (Å²) in [6.07, 6.45) is 3.08. The molecule has 0 atom stereocenters. The molecule has 0 aromatic heterocycles. The van der Waals surface area contributed by atoms with Gasteiger partial charge in [0.05, 0.1) is 10.5 Å². The van der Waals surface area contributed by atoms with E-state index < -0.39 is 22.6 Å². The Morgan fingerprint density at radius 3 is 2.54 bits per heavy atom. The number of esters is 1. The second-order valence-electron chi connectivity index (χ2n) is 7.14. The average Bonchev–Trinajstić information content (AvgIpc) is 3.12. The molecule has 0 radical (unpaired) electrons. The van der Waals surface area contributed by atoms with E-state index in [2.05, 4.69) is 4.72 Å². The van der Waals surface area contributed by atoms with E-state index in [0.29, 0.717) is 5.56 Å². The molecule has 0 saturated heterocycles. The number of sulfonamides is 1. The van der Waals surface area contributed by atoms with Crippen LogP contribution in [0.1, 0.15) is 52.1 Å². The van der Waals surface area contributed by atoms with Crippen molar-refractivity contribution < 1.29 is 22.7 Å². The number of hydrogen-bond donors (Lipinski definition) is 1. The van der Waals surface area contributed by atoms with Gasteiger partial charge in [-0.2, -0.15) is 0 Å². The number of nitrogens with one attached hydrogen (secondary N) is 1. The summed E-state index contributed by atoms with van der Waals surface area (Å²) in [6, 6.07) is 10.9. The third-order valence-corrected chi connectivity index (χ3v) is 6.18. The molecule has 0 unspecified atom stereocenters. The smallest absolute Gasteiger partial charge is 0.338 e. The molecular formula is C21H23NO5S. The second-order valence-corrected chi connectivity index (χ2v) is 8.85. The van der Waals surface area contributed by atoms with Gasteiger partial charge in [0, 0.05) is 11.6 Å². The van der Waals surface area contributed by atoms with Crippen molar-refractivity contribution >= 4 is 21.8 Å². The number of hydrogen-bond acceptors (Lipinski definition) is 5. The van der Waals surface area contributed by atoms with Crippen LogP contribution in [-0.4, -0.2) is 32.8 Å². The number of benzene rings is 2. The van der Waals surface area contributed by atoms with Crippen LogP contribution in [0.4, 0.5) is 0 Å². The average molecular weight is 401 g/mol. The number of ether oxygens (including phenoxy) is 1. The van der Waals surface area contributed by atoms with Gasteiger partial charge in [-0.3, -0.25) is 4.79 Å². The lowest BCUT2D eigenvalue weighted by Crippen LogP contribution is -2.30. The van der Waals surface area contributed by atoms with Gasteiger partial charge < -0.3 is 4.74 Å². The van der Waals surface area contributed by atoms with Gasteiger partial charge in [0.2, 0.25) is 10.0 Å². The lowest BCUT2D eigenvalue weighted by Gasteiger charge is -2.10. The molecular weight excluding hydrogens is 378 g/mol. The van der Waals surface area contributed by atoms with Crippen molar-refractivity contribution in [3.63, 3.8) is 0 Å². The van der Waals surface area contributed by atoms with Crippen LogP contribution in [0, 0.1) is 0 Å². The first kappa shape index (κ1) is 20.2. The van der Waals surface area contributed by atoms with E-state index in [4.69, 9.17) is 4.74 Å². The Balaban J connectivity index is 1.66. The Bertz CT molecular complexity index is 1010. The zero-order valence-corrected chi connectivity index (χ0v) is 16.7. The summed E-state index contributed by atoms with van der Waals surface area (Å²) in [7, 11) is -3.72.